The van der Waals surface area contributed by atoms with Gasteiger partial charge in [0.25, 0.3) is 0 Å². The van der Waals surface area contributed by atoms with Gasteiger partial charge in [0, 0.05) is 18.3 Å². The number of carbonyl (C=O) groups is 3. The van der Waals surface area contributed by atoms with E-state index in [9.17, 15) is 14.4 Å². The summed E-state index contributed by atoms with van der Waals surface area (Å²) in [4.78, 5) is 37.1. The SMILES string of the molecule is CCC(=O)O[C@]1(C(C)=O)CC[C@@H]2[C@H]3CCC4=CC(=O)CC[C@]4(C)[C@@H]3CC[C@@]21C. The number of ether oxygens (including phenoxy) is 1. The van der Waals surface area contributed by atoms with Crippen molar-refractivity contribution in [1.29, 1.82) is 0 Å². The molecule has 0 saturated heterocycles. The van der Waals surface area contributed by atoms with Gasteiger partial charge in [-0.3, -0.25) is 14.4 Å². The molecule has 0 aliphatic heterocycles. The Labute approximate surface area is 168 Å². The normalized spacial score (nSPS) is 44.8. The van der Waals surface area contributed by atoms with Crippen molar-refractivity contribution in [2.75, 3.05) is 0 Å². The highest BCUT2D eigenvalue weighted by molar-refractivity contribution is 5.91. The summed E-state index contributed by atoms with van der Waals surface area (Å²) in [7, 11) is 0. The number of fused-ring (bicyclic) bond motifs is 5. The Kier molecular flexibility index (Phi) is 4.63. The molecule has 4 aliphatic carbocycles. The summed E-state index contributed by atoms with van der Waals surface area (Å²) in [6.07, 6.45) is 9.56. The van der Waals surface area contributed by atoms with Crippen LogP contribution in [0.4, 0.5) is 0 Å². The summed E-state index contributed by atoms with van der Waals surface area (Å²) in [5, 5.41) is 0. The number of hydrogen-bond donors (Lipinski definition) is 0. The van der Waals surface area contributed by atoms with Crippen LogP contribution in [0.1, 0.15) is 85.5 Å². The van der Waals surface area contributed by atoms with Crippen LogP contribution in [0.15, 0.2) is 11.6 Å². The highest BCUT2D eigenvalue weighted by Gasteiger charge is 2.67. The summed E-state index contributed by atoms with van der Waals surface area (Å²) in [5.74, 6) is 1.58. The predicted octanol–water partition coefficient (Wildman–Crippen LogP) is 4.80. The molecule has 0 heterocycles. The molecule has 28 heavy (non-hydrogen) atoms. The van der Waals surface area contributed by atoms with Crippen molar-refractivity contribution in [2.45, 2.75) is 91.1 Å². The minimum absolute atomic E-state index is 0.0172. The molecular weight excluding hydrogens is 352 g/mol. The molecule has 3 fully saturated rings. The van der Waals surface area contributed by atoms with Gasteiger partial charge in [0.05, 0.1) is 0 Å². The Morgan fingerprint density at radius 1 is 1.07 bits per heavy atom. The Morgan fingerprint density at radius 3 is 2.46 bits per heavy atom. The van der Waals surface area contributed by atoms with Crippen LogP contribution < -0.4 is 0 Å². The summed E-state index contributed by atoms with van der Waals surface area (Å²) in [6.45, 7) is 7.98. The number of rotatable bonds is 3. The standard InChI is InChI=1S/C24H34O4/c1-5-21(27)28-24(15(2)25)13-10-20-18-7-6-16-14-17(26)8-11-22(16,3)19(18)9-12-23(20,24)4/h14,18-20H,5-13H2,1-4H3/t18-,19+,20+,22-,23-,24-/m0/s1. The van der Waals surface area contributed by atoms with Crippen LogP contribution in [-0.2, 0) is 19.1 Å². The quantitative estimate of drug-likeness (QED) is 0.654. The lowest BCUT2D eigenvalue weighted by Gasteiger charge is -2.59. The van der Waals surface area contributed by atoms with Gasteiger partial charge in [-0.2, -0.15) is 0 Å². The highest BCUT2D eigenvalue weighted by Crippen LogP contribution is 2.68. The molecule has 0 aromatic rings. The van der Waals surface area contributed by atoms with Crippen molar-refractivity contribution in [2.24, 2.45) is 28.6 Å². The molecular formula is C24H34O4. The topological polar surface area (TPSA) is 60.4 Å². The summed E-state index contributed by atoms with van der Waals surface area (Å²) >= 11 is 0. The highest BCUT2D eigenvalue weighted by atomic mass is 16.6. The van der Waals surface area contributed by atoms with Gasteiger partial charge in [-0.1, -0.05) is 26.3 Å². The van der Waals surface area contributed by atoms with Gasteiger partial charge >= 0.3 is 5.97 Å². The molecule has 0 aromatic heterocycles. The maximum Gasteiger partial charge on any atom is 0.306 e. The fraction of sp³-hybridized carbons (Fsp3) is 0.792. The zero-order valence-electron chi connectivity index (χ0n) is 17.8. The van der Waals surface area contributed by atoms with E-state index >= 15 is 0 Å². The van der Waals surface area contributed by atoms with E-state index in [1.807, 2.05) is 6.08 Å². The Balaban J connectivity index is 1.69. The molecule has 0 radical (unpaired) electrons. The average molecular weight is 387 g/mol. The third-order valence-corrected chi connectivity index (χ3v) is 9.23. The summed E-state index contributed by atoms with van der Waals surface area (Å²) < 4.78 is 5.96. The van der Waals surface area contributed by atoms with E-state index in [0.29, 0.717) is 37.0 Å². The molecule has 0 aromatic carbocycles. The van der Waals surface area contributed by atoms with E-state index in [0.717, 1.165) is 38.5 Å². The first kappa shape index (κ1) is 19.8. The molecule has 4 heteroatoms. The number of carbonyl (C=O) groups excluding carboxylic acids is 3. The van der Waals surface area contributed by atoms with Crippen LogP contribution in [0.25, 0.3) is 0 Å². The van der Waals surface area contributed by atoms with Crippen molar-refractivity contribution in [3.63, 3.8) is 0 Å². The second-order valence-corrected chi connectivity index (χ2v) is 10.2. The molecule has 4 rings (SSSR count). The Bertz CT molecular complexity index is 752. The van der Waals surface area contributed by atoms with E-state index in [2.05, 4.69) is 13.8 Å². The van der Waals surface area contributed by atoms with Crippen LogP contribution in [0, 0.1) is 28.6 Å². The van der Waals surface area contributed by atoms with Crippen molar-refractivity contribution >= 4 is 17.5 Å². The van der Waals surface area contributed by atoms with Crippen molar-refractivity contribution < 1.29 is 19.1 Å². The van der Waals surface area contributed by atoms with E-state index in [4.69, 9.17) is 4.74 Å². The first-order valence-corrected chi connectivity index (χ1v) is 11.1. The van der Waals surface area contributed by atoms with Gasteiger partial charge in [-0.25, -0.2) is 0 Å². The second kappa shape index (κ2) is 6.53. The molecule has 4 aliphatic rings. The fourth-order valence-electron chi connectivity index (χ4n) is 7.64. The molecule has 0 spiro atoms. The van der Waals surface area contributed by atoms with Crippen LogP contribution >= 0.6 is 0 Å². The third-order valence-electron chi connectivity index (χ3n) is 9.23. The van der Waals surface area contributed by atoms with Crippen molar-refractivity contribution in [1.82, 2.24) is 0 Å². The molecule has 6 atom stereocenters. The van der Waals surface area contributed by atoms with Gasteiger partial charge in [0.1, 0.15) is 0 Å². The molecule has 3 saturated carbocycles. The van der Waals surface area contributed by atoms with E-state index < -0.39 is 5.60 Å². The second-order valence-electron chi connectivity index (χ2n) is 10.2. The first-order chi connectivity index (χ1) is 13.2. The lowest BCUT2D eigenvalue weighted by molar-refractivity contribution is -0.188. The van der Waals surface area contributed by atoms with E-state index in [-0.39, 0.29) is 28.4 Å². The van der Waals surface area contributed by atoms with Gasteiger partial charge < -0.3 is 4.74 Å². The van der Waals surface area contributed by atoms with Crippen LogP contribution in [0.2, 0.25) is 0 Å². The van der Waals surface area contributed by atoms with E-state index in [1.165, 1.54) is 5.57 Å². The average Bonchev–Trinajstić information content (AvgIpc) is 2.95. The maximum absolute atomic E-state index is 12.8. The maximum atomic E-state index is 12.8. The number of Topliss-reactive ketones (excluding diaryl/α,β-unsaturated/α-hetero) is 1. The van der Waals surface area contributed by atoms with Gasteiger partial charge in [0.2, 0.25) is 0 Å². The Hall–Kier alpha value is -1.45. The lowest BCUT2D eigenvalue weighted by Crippen LogP contribution is -2.58. The smallest absolute Gasteiger partial charge is 0.306 e. The number of esters is 1. The molecule has 0 amide bonds. The molecule has 4 nitrogen and oxygen atoms in total. The first-order valence-electron chi connectivity index (χ1n) is 11.1. The lowest BCUT2D eigenvalue weighted by atomic mass is 9.46. The largest absolute Gasteiger partial charge is 0.450 e. The molecule has 0 bridgehead atoms. The van der Waals surface area contributed by atoms with Gasteiger partial charge in [0.15, 0.2) is 17.2 Å². The van der Waals surface area contributed by atoms with Gasteiger partial charge in [-0.15, -0.1) is 0 Å². The van der Waals surface area contributed by atoms with Crippen molar-refractivity contribution in [3.05, 3.63) is 11.6 Å². The minimum Gasteiger partial charge on any atom is -0.450 e. The van der Waals surface area contributed by atoms with Crippen LogP contribution in [0.3, 0.4) is 0 Å². The number of ketones is 2. The summed E-state index contributed by atoms with van der Waals surface area (Å²) in [6, 6.07) is 0. The fourth-order valence-corrected chi connectivity index (χ4v) is 7.64. The molecule has 0 unspecified atom stereocenters. The van der Waals surface area contributed by atoms with Crippen LogP contribution in [0.5, 0.6) is 0 Å². The monoisotopic (exact) mass is 386 g/mol. The van der Waals surface area contributed by atoms with E-state index in [1.54, 1.807) is 13.8 Å². The molecule has 154 valence electrons. The minimum atomic E-state index is -0.949. The third kappa shape index (κ3) is 2.52. The Morgan fingerprint density at radius 2 is 1.79 bits per heavy atom. The zero-order valence-corrected chi connectivity index (χ0v) is 17.8. The summed E-state index contributed by atoms with van der Waals surface area (Å²) in [5.41, 5.74) is 0.267. The number of hydrogen-bond acceptors (Lipinski definition) is 4. The van der Waals surface area contributed by atoms with Crippen molar-refractivity contribution in [3.8, 4) is 0 Å². The predicted molar refractivity (Wildman–Crippen MR) is 107 cm³/mol. The van der Waals surface area contributed by atoms with Gasteiger partial charge in [-0.05, 0) is 81.1 Å². The molecule has 0 N–H and O–H groups in total. The number of allylic oxidation sites excluding steroid dienone is 1. The van der Waals surface area contributed by atoms with Crippen LogP contribution in [-0.4, -0.2) is 23.1 Å². The zero-order chi connectivity index (χ0) is 20.3.